The van der Waals surface area contributed by atoms with Gasteiger partial charge in [0.15, 0.2) is 0 Å². The van der Waals surface area contributed by atoms with E-state index in [1.807, 2.05) is 60.5 Å². The van der Waals surface area contributed by atoms with Crippen molar-refractivity contribution in [1.29, 1.82) is 0 Å². The highest BCUT2D eigenvalue weighted by molar-refractivity contribution is 9.10. The molecule has 6 heteroatoms. The minimum Gasteiger partial charge on any atom is -0.453 e. The molecule has 3 heterocycles. The SMILES string of the molecule is Cc1ccc2c(c1)[C@@]1(Oc3ccc(Br)cc3[C@@H]3CC(c4ccccc4)=NN31)C(=O)N2. The fraction of sp³-hybridized carbons (Fsp3) is 0.167. The van der Waals surface area contributed by atoms with Crippen LogP contribution in [0.3, 0.4) is 0 Å². The minimum atomic E-state index is -1.32. The van der Waals surface area contributed by atoms with Crippen molar-refractivity contribution in [2.45, 2.75) is 25.1 Å². The molecule has 148 valence electrons. The van der Waals surface area contributed by atoms with E-state index in [0.29, 0.717) is 12.2 Å². The first kappa shape index (κ1) is 17.7. The van der Waals surface area contributed by atoms with Gasteiger partial charge in [-0.1, -0.05) is 57.9 Å². The molecule has 30 heavy (non-hydrogen) atoms. The molecule has 2 atom stereocenters. The number of fused-ring (bicyclic) bond motifs is 6. The molecule has 6 rings (SSSR count). The molecule has 0 fully saturated rings. The van der Waals surface area contributed by atoms with E-state index in [1.54, 1.807) is 0 Å². The maximum atomic E-state index is 13.4. The van der Waals surface area contributed by atoms with Crippen molar-refractivity contribution in [2.75, 3.05) is 5.32 Å². The number of hydrogen-bond donors (Lipinski definition) is 1. The summed E-state index contributed by atoms with van der Waals surface area (Å²) in [6.45, 7) is 2.02. The summed E-state index contributed by atoms with van der Waals surface area (Å²) in [5, 5.41) is 9.85. The Morgan fingerprint density at radius 2 is 1.97 bits per heavy atom. The van der Waals surface area contributed by atoms with Crippen LogP contribution in [0.1, 0.15) is 34.7 Å². The molecule has 1 spiro atoms. The number of benzene rings is 3. The summed E-state index contributed by atoms with van der Waals surface area (Å²) in [5.41, 5.74) is 4.37. The number of hydrazone groups is 1. The van der Waals surface area contributed by atoms with E-state index in [4.69, 9.17) is 9.84 Å². The summed E-state index contributed by atoms with van der Waals surface area (Å²) in [4.78, 5) is 13.4. The molecule has 0 aliphatic carbocycles. The van der Waals surface area contributed by atoms with Gasteiger partial charge >= 0.3 is 5.72 Å². The van der Waals surface area contributed by atoms with Crippen molar-refractivity contribution in [2.24, 2.45) is 5.10 Å². The lowest BCUT2D eigenvalue weighted by atomic mass is 9.92. The summed E-state index contributed by atoms with van der Waals surface area (Å²) >= 11 is 3.58. The van der Waals surface area contributed by atoms with E-state index in [0.717, 1.165) is 38.1 Å². The Morgan fingerprint density at radius 3 is 2.80 bits per heavy atom. The van der Waals surface area contributed by atoms with Gasteiger partial charge in [-0.2, -0.15) is 5.10 Å². The molecule has 0 bridgehead atoms. The molecule has 5 nitrogen and oxygen atoms in total. The summed E-state index contributed by atoms with van der Waals surface area (Å²) in [6.07, 6.45) is 0.701. The van der Waals surface area contributed by atoms with Crippen LogP contribution in [0.25, 0.3) is 0 Å². The van der Waals surface area contributed by atoms with Crippen molar-refractivity contribution < 1.29 is 9.53 Å². The van der Waals surface area contributed by atoms with Crippen molar-refractivity contribution in [3.05, 3.63) is 93.5 Å². The number of aryl methyl sites for hydroxylation is 1. The molecule has 3 aliphatic heterocycles. The lowest BCUT2D eigenvalue weighted by Gasteiger charge is -2.44. The number of carbonyl (C=O) groups excluding carboxylic acids is 1. The molecule has 0 saturated carbocycles. The smallest absolute Gasteiger partial charge is 0.306 e. The summed E-state index contributed by atoms with van der Waals surface area (Å²) in [6, 6.07) is 21.9. The zero-order valence-corrected chi connectivity index (χ0v) is 17.8. The van der Waals surface area contributed by atoms with Crippen LogP contribution < -0.4 is 10.1 Å². The third-order valence-corrected chi connectivity index (χ3v) is 6.52. The summed E-state index contributed by atoms with van der Waals surface area (Å²) < 4.78 is 7.49. The van der Waals surface area contributed by atoms with E-state index < -0.39 is 5.72 Å². The van der Waals surface area contributed by atoms with Crippen LogP contribution in [0.15, 0.2) is 76.3 Å². The van der Waals surface area contributed by atoms with Crippen molar-refractivity contribution >= 4 is 33.2 Å². The fourth-order valence-electron chi connectivity index (χ4n) is 4.63. The first-order valence-electron chi connectivity index (χ1n) is 9.89. The minimum absolute atomic E-state index is 0.0985. The molecular formula is C24H18BrN3O2. The Balaban J connectivity index is 1.60. The molecule has 0 aromatic heterocycles. The molecular weight excluding hydrogens is 442 g/mol. The molecule has 1 amide bonds. The van der Waals surface area contributed by atoms with Gasteiger partial charge in [0.2, 0.25) is 0 Å². The van der Waals surface area contributed by atoms with Gasteiger partial charge in [0.05, 0.1) is 23.0 Å². The maximum Gasteiger partial charge on any atom is 0.306 e. The predicted molar refractivity (Wildman–Crippen MR) is 118 cm³/mol. The van der Waals surface area contributed by atoms with Gasteiger partial charge in [0.1, 0.15) is 5.75 Å². The molecule has 3 aliphatic rings. The van der Waals surface area contributed by atoms with Crippen LogP contribution in [0, 0.1) is 6.92 Å². The van der Waals surface area contributed by atoms with E-state index in [9.17, 15) is 4.79 Å². The van der Waals surface area contributed by atoms with Gasteiger partial charge < -0.3 is 10.1 Å². The number of amides is 1. The maximum absolute atomic E-state index is 13.4. The molecule has 0 unspecified atom stereocenters. The second-order valence-corrected chi connectivity index (χ2v) is 8.82. The van der Waals surface area contributed by atoms with Gasteiger partial charge in [0, 0.05) is 16.5 Å². The largest absolute Gasteiger partial charge is 0.453 e. The van der Waals surface area contributed by atoms with Crippen LogP contribution in [0.2, 0.25) is 0 Å². The third kappa shape index (κ3) is 2.34. The number of nitrogens with one attached hydrogen (secondary N) is 1. The fourth-order valence-corrected chi connectivity index (χ4v) is 5.01. The lowest BCUT2D eigenvalue weighted by Crippen LogP contribution is -2.55. The Labute approximate surface area is 182 Å². The topological polar surface area (TPSA) is 53.9 Å². The predicted octanol–water partition coefficient (Wildman–Crippen LogP) is 5.11. The standard InChI is InChI=1S/C24H18BrN3O2/c1-14-7-9-19-18(11-14)24(23(29)26-19)28-21(17-12-16(25)8-10-22(17)30-24)13-20(27-28)15-5-3-2-4-6-15/h2-12,21H,13H2,1H3,(H,26,29)/t21-,24+/m0/s1. The molecule has 0 saturated heterocycles. The van der Waals surface area contributed by atoms with E-state index >= 15 is 0 Å². The van der Waals surface area contributed by atoms with Gasteiger partial charge in [0.25, 0.3) is 5.91 Å². The van der Waals surface area contributed by atoms with Crippen LogP contribution in [-0.4, -0.2) is 16.6 Å². The number of anilines is 1. The number of ether oxygens (including phenoxy) is 1. The number of rotatable bonds is 1. The van der Waals surface area contributed by atoms with E-state index in [1.165, 1.54) is 0 Å². The monoisotopic (exact) mass is 459 g/mol. The quantitative estimate of drug-likeness (QED) is 0.550. The van der Waals surface area contributed by atoms with Crippen LogP contribution in [0.5, 0.6) is 5.75 Å². The number of nitrogens with zero attached hydrogens (tertiary/aromatic N) is 2. The van der Waals surface area contributed by atoms with Crippen molar-refractivity contribution in [3.8, 4) is 5.75 Å². The highest BCUT2D eigenvalue weighted by Crippen LogP contribution is 2.54. The number of hydrogen-bond acceptors (Lipinski definition) is 4. The average Bonchev–Trinajstić information content (AvgIpc) is 3.31. The van der Waals surface area contributed by atoms with Crippen LogP contribution >= 0.6 is 15.9 Å². The zero-order valence-electron chi connectivity index (χ0n) is 16.2. The Bertz CT molecular complexity index is 1240. The van der Waals surface area contributed by atoms with Gasteiger partial charge in [-0.3, -0.25) is 4.79 Å². The second-order valence-electron chi connectivity index (χ2n) is 7.91. The molecule has 1 N–H and O–H groups in total. The van der Waals surface area contributed by atoms with Crippen LogP contribution in [-0.2, 0) is 10.5 Å². The van der Waals surface area contributed by atoms with Gasteiger partial charge in [-0.25, -0.2) is 5.01 Å². The van der Waals surface area contributed by atoms with Crippen molar-refractivity contribution in [1.82, 2.24) is 5.01 Å². The third-order valence-electron chi connectivity index (χ3n) is 6.02. The zero-order chi connectivity index (χ0) is 20.5. The molecule has 0 radical (unpaired) electrons. The van der Waals surface area contributed by atoms with Gasteiger partial charge in [-0.05, 0) is 42.8 Å². The molecule has 3 aromatic rings. The highest BCUT2D eigenvalue weighted by atomic mass is 79.9. The van der Waals surface area contributed by atoms with Crippen LogP contribution in [0.4, 0.5) is 5.69 Å². The Hall–Kier alpha value is -3.12. The molecule has 3 aromatic carbocycles. The normalized spacial score (nSPS) is 23.4. The van der Waals surface area contributed by atoms with E-state index in [-0.39, 0.29) is 11.9 Å². The second kappa shape index (κ2) is 6.19. The first-order valence-corrected chi connectivity index (χ1v) is 10.7. The van der Waals surface area contributed by atoms with E-state index in [2.05, 4.69) is 39.4 Å². The summed E-state index contributed by atoms with van der Waals surface area (Å²) in [5.74, 6) is 0.508. The number of halogens is 1. The van der Waals surface area contributed by atoms with Crippen molar-refractivity contribution in [3.63, 3.8) is 0 Å². The summed E-state index contributed by atoms with van der Waals surface area (Å²) in [7, 11) is 0. The number of carbonyl (C=O) groups is 1. The first-order chi connectivity index (χ1) is 14.6. The Morgan fingerprint density at radius 1 is 1.13 bits per heavy atom. The Kier molecular flexibility index (Phi) is 3.65. The lowest BCUT2D eigenvalue weighted by molar-refractivity contribution is -0.161. The highest BCUT2D eigenvalue weighted by Gasteiger charge is 2.60. The van der Waals surface area contributed by atoms with Gasteiger partial charge in [-0.15, -0.1) is 0 Å². The average molecular weight is 460 g/mol.